The minimum absolute atomic E-state index is 0.127. The van der Waals surface area contributed by atoms with E-state index in [0.717, 1.165) is 19.3 Å². The Kier molecular flexibility index (Phi) is 6.34. The summed E-state index contributed by atoms with van der Waals surface area (Å²) in [5.41, 5.74) is -0.210. The van der Waals surface area contributed by atoms with Gasteiger partial charge in [0.1, 0.15) is 0 Å². The van der Waals surface area contributed by atoms with E-state index in [4.69, 9.17) is 10.2 Å². The fourth-order valence-electron chi connectivity index (χ4n) is 1.15. The van der Waals surface area contributed by atoms with Gasteiger partial charge in [0.05, 0.1) is 13.2 Å². The van der Waals surface area contributed by atoms with Crippen LogP contribution >= 0.6 is 0 Å². The van der Waals surface area contributed by atoms with Crippen LogP contribution in [0.1, 0.15) is 33.1 Å². The van der Waals surface area contributed by atoms with Gasteiger partial charge >= 0.3 is 0 Å². The second-order valence-electron chi connectivity index (χ2n) is 3.47. The van der Waals surface area contributed by atoms with Crippen LogP contribution < -0.4 is 5.32 Å². The summed E-state index contributed by atoms with van der Waals surface area (Å²) in [5.74, 6) is 0. The van der Waals surface area contributed by atoms with Crippen LogP contribution in [0.25, 0.3) is 0 Å². The van der Waals surface area contributed by atoms with Crippen LogP contribution in [-0.4, -0.2) is 35.5 Å². The third kappa shape index (κ3) is 4.70. The Bertz CT molecular complexity index is 98.7. The first-order valence-corrected chi connectivity index (χ1v) is 4.65. The van der Waals surface area contributed by atoms with Crippen LogP contribution in [0.4, 0.5) is 0 Å². The molecular formula is C9H21NO2. The molecule has 0 aromatic heterocycles. The largest absolute Gasteiger partial charge is 0.395 e. The van der Waals surface area contributed by atoms with Gasteiger partial charge in [-0.05, 0) is 13.3 Å². The first-order chi connectivity index (χ1) is 5.68. The van der Waals surface area contributed by atoms with Crippen LogP contribution in [0.3, 0.4) is 0 Å². The summed E-state index contributed by atoms with van der Waals surface area (Å²) in [6.07, 6.45) is 3.20. The predicted octanol–water partition coefficient (Wildman–Crippen LogP) is 0.510. The number of hydrogen-bond donors (Lipinski definition) is 3. The molecule has 0 aliphatic rings. The van der Waals surface area contributed by atoms with Gasteiger partial charge in [-0.2, -0.15) is 0 Å². The highest BCUT2D eigenvalue weighted by atomic mass is 16.3. The minimum Gasteiger partial charge on any atom is -0.395 e. The number of nitrogens with one attached hydrogen (secondary N) is 1. The van der Waals surface area contributed by atoms with E-state index in [1.165, 1.54) is 0 Å². The third-order valence-electron chi connectivity index (χ3n) is 2.09. The SMILES string of the molecule is CCCC[C@](C)(CO)NCCO. The first kappa shape index (κ1) is 11.9. The number of unbranched alkanes of at least 4 members (excludes halogenated alkanes) is 1. The lowest BCUT2D eigenvalue weighted by Gasteiger charge is -2.28. The second-order valence-corrected chi connectivity index (χ2v) is 3.47. The fraction of sp³-hybridized carbons (Fsp3) is 1.00. The van der Waals surface area contributed by atoms with E-state index in [0.29, 0.717) is 6.54 Å². The fourth-order valence-corrected chi connectivity index (χ4v) is 1.15. The van der Waals surface area contributed by atoms with Gasteiger partial charge in [-0.25, -0.2) is 0 Å². The Morgan fingerprint density at radius 2 is 2.00 bits per heavy atom. The second kappa shape index (κ2) is 6.40. The average molecular weight is 175 g/mol. The van der Waals surface area contributed by atoms with Gasteiger partial charge in [0.2, 0.25) is 0 Å². The lowest BCUT2D eigenvalue weighted by molar-refractivity contribution is 0.153. The molecule has 0 rings (SSSR count). The Hall–Kier alpha value is -0.120. The Morgan fingerprint density at radius 1 is 1.33 bits per heavy atom. The zero-order valence-corrected chi connectivity index (χ0v) is 8.14. The number of aliphatic hydroxyl groups excluding tert-OH is 2. The van der Waals surface area contributed by atoms with Crippen molar-refractivity contribution in [1.82, 2.24) is 5.32 Å². The molecule has 3 nitrogen and oxygen atoms in total. The monoisotopic (exact) mass is 175 g/mol. The van der Waals surface area contributed by atoms with E-state index in [1.54, 1.807) is 0 Å². The van der Waals surface area contributed by atoms with Gasteiger partial charge < -0.3 is 15.5 Å². The molecule has 74 valence electrons. The standard InChI is InChI=1S/C9H21NO2/c1-3-4-5-9(2,8-12)10-6-7-11/h10-12H,3-8H2,1-2H3/t9-/m1/s1. The van der Waals surface area contributed by atoms with E-state index in [-0.39, 0.29) is 18.8 Å². The van der Waals surface area contributed by atoms with Gasteiger partial charge in [-0.3, -0.25) is 0 Å². The lowest BCUT2D eigenvalue weighted by atomic mass is 9.96. The molecule has 3 N–H and O–H groups in total. The smallest absolute Gasteiger partial charge is 0.0610 e. The van der Waals surface area contributed by atoms with Crippen LogP contribution in [0.5, 0.6) is 0 Å². The summed E-state index contributed by atoms with van der Waals surface area (Å²) < 4.78 is 0. The number of aliphatic hydroxyl groups is 2. The van der Waals surface area contributed by atoms with Crippen LogP contribution in [0, 0.1) is 0 Å². The molecule has 0 heterocycles. The van der Waals surface area contributed by atoms with Crippen LogP contribution in [-0.2, 0) is 0 Å². The highest BCUT2D eigenvalue weighted by molar-refractivity contribution is 4.81. The molecule has 0 amide bonds. The van der Waals surface area contributed by atoms with E-state index in [1.807, 2.05) is 6.92 Å². The summed E-state index contributed by atoms with van der Waals surface area (Å²) in [6, 6.07) is 0. The van der Waals surface area contributed by atoms with Crippen molar-refractivity contribution >= 4 is 0 Å². The molecule has 0 aromatic carbocycles. The molecular weight excluding hydrogens is 154 g/mol. The van der Waals surface area contributed by atoms with Crippen molar-refractivity contribution in [2.24, 2.45) is 0 Å². The van der Waals surface area contributed by atoms with Gasteiger partial charge in [0, 0.05) is 12.1 Å². The molecule has 0 saturated carbocycles. The van der Waals surface area contributed by atoms with Crippen molar-refractivity contribution in [3.63, 3.8) is 0 Å². The maximum atomic E-state index is 9.09. The molecule has 0 aliphatic heterocycles. The van der Waals surface area contributed by atoms with Crippen LogP contribution in [0.15, 0.2) is 0 Å². The van der Waals surface area contributed by atoms with Crippen molar-refractivity contribution < 1.29 is 10.2 Å². The van der Waals surface area contributed by atoms with Crippen molar-refractivity contribution in [2.75, 3.05) is 19.8 Å². The molecule has 0 unspecified atom stereocenters. The maximum absolute atomic E-state index is 9.09. The van der Waals surface area contributed by atoms with Gasteiger partial charge in [0.15, 0.2) is 0 Å². The van der Waals surface area contributed by atoms with E-state index < -0.39 is 0 Å². The van der Waals surface area contributed by atoms with Crippen molar-refractivity contribution in [2.45, 2.75) is 38.6 Å². The molecule has 1 atom stereocenters. The summed E-state index contributed by atoms with van der Waals surface area (Å²) in [6.45, 7) is 4.93. The first-order valence-electron chi connectivity index (χ1n) is 4.65. The predicted molar refractivity (Wildman–Crippen MR) is 50.1 cm³/mol. The highest BCUT2D eigenvalue weighted by Crippen LogP contribution is 2.12. The number of rotatable bonds is 7. The van der Waals surface area contributed by atoms with Crippen LogP contribution in [0.2, 0.25) is 0 Å². The number of β-amino-alcohol motifs (C(OH)–C–C–N with tert-alkyl or cyclic N) is 1. The molecule has 0 aromatic rings. The quantitative estimate of drug-likeness (QED) is 0.528. The highest BCUT2D eigenvalue weighted by Gasteiger charge is 2.20. The maximum Gasteiger partial charge on any atom is 0.0610 e. The van der Waals surface area contributed by atoms with Crippen molar-refractivity contribution in [3.8, 4) is 0 Å². The lowest BCUT2D eigenvalue weighted by Crippen LogP contribution is -2.46. The normalized spacial score (nSPS) is 16.0. The van der Waals surface area contributed by atoms with Gasteiger partial charge in [-0.15, -0.1) is 0 Å². The summed E-state index contributed by atoms with van der Waals surface area (Å²) in [5, 5.41) is 20.8. The van der Waals surface area contributed by atoms with E-state index >= 15 is 0 Å². The Morgan fingerprint density at radius 3 is 2.42 bits per heavy atom. The summed E-state index contributed by atoms with van der Waals surface area (Å²) >= 11 is 0. The molecule has 3 heteroatoms. The summed E-state index contributed by atoms with van der Waals surface area (Å²) in [4.78, 5) is 0. The zero-order chi connectivity index (χ0) is 9.45. The van der Waals surface area contributed by atoms with Gasteiger partial charge in [-0.1, -0.05) is 19.8 Å². The molecule has 12 heavy (non-hydrogen) atoms. The zero-order valence-electron chi connectivity index (χ0n) is 8.14. The topological polar surface area (TPSA) is 52.5 Å². The molecule has 0 saturated heterocycles. The van der Waals surface area contributed by atoms with E-state index in [2.05, 4.69) is 12.2 Å². The van der Waals surface area contributed by atoms with Gasteiger partial charge in [0.25, 0.3) is 0 Å². The molecule has 0 bridgehead atoms. The molecule has 0 spiro atoms. The van der Waals surface area contributed by atoms with E-state index in [9.17, 15) is 0 Å². The average Bonchev–Trinajstić information content (AvgIpc) is 2.11. The minimum atomic E-state index is -0.210. The van der Waals surface area contributed by atoms with Crippen molar-refractivity contribution in [3.05, 3.63) is 0 Å². The summed E-state index contributed by atoms with van der Waals surface area (Å²) in [7, 11) is 0. The Balaban J connectivity index is 3.70. The molecule has 0 aliphatic carbocycles. The third-order valence-corrected chi connectivity index (χ3v) is 2.09. The molecule has 0 fully saturated rings. The molecule has 0 radical (unpaired) electrons. The number of hydrogen-bond acceptors (Lipinski definition) is 3. The van der Waals surface area contributed by atoms with Crippen molar-refractivity contribution in [1.29, 1.82) is 0 Å². The Labute approximate surface area is 74.8 Å².